The van der Waals surface area contributed by atoms with Crippen molar-refractivity contribution < 1.29 is 24.2 Å². The van der Waals surface area contributed by atoms with Crippen LogP contribution in [0.4, 0.5) is 0 Å². The average molecular weight is 517 g/mol. The fourth-order valence-corrected chi connectivity index (χ4v) is 5.30. The summed E-state index contributed by atoms with van der Waals surface area (Å²) in [7, 11) is 1.58. The first-order valence-corrected chi connectivity index (χ1v) is 12.9. The van der Waals surface area contributed by atoms with Crippen LogP contribution in [0, 0.1) is 12.3 Å². The third kappa shape index (κ3) is 6.04. The minimum Gasteiger partial charge on any atom is -0.496 e. The van der Waals surface area contributed by atoms with Crippen molar-refractivity contribution in [1.29, 1.82) is 0 Å². The van der Waals surface area contributed by atoms with Gasteiger partial charge in [-0.05, 0) is 30.9 Å². The Kier molecular flexibility index (Phi) is 8.40. The predicted molar refractivity (Wildman–Crippen MR) is 139 cm³/mol. The number of hydrogen-bond acceptors (Lipinski definition) is 7. The summed E-state index contributed by atoms with van der Waals surface area (Å²) in [4.78, 5) is 45.2. The number of thiazole rings is 1. The summed E-state index contributed by atoms with van der Waals surface area (Å²) in [6.45, 7) is 10.7. The van der Waals surface area contributed by atoms with Crippen molar-refractivity contribution in [3.05, 3.63) is 35.0 Å². The van der Waals surface area contributed by atoms with Crippen LogP contribution < -0.4 is 15.4 Å². The van der Waals surface area contributed by atoms with Gasteiger partial charge in [0.2, 0.25) is 17.7 Å². The topological polar surface area (TPSA) is 121 Å². The van der Waals surface area contributed by atoms with Gasteiger partial charge in [-0.15, -0.1) is 11.3 Å². The normalized spacial score (nSPS) is 19.5. The molecule has 3 N–H and O–H groups in total. The lowest BCUT2D eigenvalue weighted by Gasteiger charge is -2.35. The first-order chi connectivity index (χ1) is 16.8. The number of ether oxygens (including phenoxy) is 1. The molecule has 1 fully saturated rings. The Morgan fingerprint density at radius 1 is 1.25 bits per heavy atom. The van der Waals surface area contributed by atoms with Gasteiger partial charge in [0.25, 0.3) is 0 Å². The molecule has 4 atom stereocenters. The molecule has 1 aliphatic heterocycles. The van der Waals surface area contributed by atoms with Crippen LogP contribution in [0.1, 0.15) is 58.3 Å². The second-order valence-electron chi connectivity index (χ2n) is 10.3. The van der Waals surface area contributed by atoms with E-state index in [2.05, 4.69) is 15.6 Å². The van der Waals surface area contributed by atoms with E-state index in [9.17, 15) is 19.5 Å². The summed E-state index contributed by atoms with van der Waals surface area (Å²) in [5.74, 6) is -0.455. The number of aromatic nitrogens is 1. The molecule has 10 heteroatoms. The third-order valence-electron chi connectivity index (χ3n) is 6.39. The maximum Gasteiger partial charge on any atom is 0.246 e. The summed E-state index contributed by atoms with van der Waals surface area (Å²) in [5, 5.41) is 16.0. The van der Waals surface area contributed by atoms with Crippen LogP contribution in [-0.2, 0) is 14.4 Å². The lowest BCUT2D eigenvalue weighted by Crippen LogP contribution is -2.57. The van der Waals surface area contributed by atoms with Crippen molar-refractivity contribution in [1.82, 2.24) is 20.5 Å². The van der Waals surface area contributed by atoms with Gasteiger partial charge in [0.15, 0.2) is 0 Å². The van der Waals surface area contributed by atoms with E-state index in [0.717, 1.165) is 21.7 Å². The molecule has 1 aromatic heterocycles. The van der Waals surface area contributed by atoms with Gasteiger partial charge in [-0.3, -0.25) is 14.4 Å². The van der Waals surface area contributed by atoms with Gasteiger partial charge in [-0.1, -0.05) is 32.9 Å². The molecule has 0 spiro atoms. The highest BCUT2D eigenvalue weighted by molar-refractivity contribution is 7.13. The van der Waals surface area contributed by atoms with Crippen LogP contribution in [0.25, 0.3) is 10.4 Å². The fraction of sp³-hybridized carbons (Fsp3) is 0.538. The number of likely N-dealkylation sites (tertiary alicyclic amines) is 1. The highest BCUT2D eigenvalue weighted by Gasteiger charge is 2.44. The quantitative estimate of drug-likeness (QED) is 0.520. The summed E-state index contributed by atoms with van der Waals surface area (Å²) in [6.07, 6.45) is -0.698. The number of aliphatic hydroxyl groups excluding tert-OH is 1. The van der Waals surface area contributed by atoms with Crippen LogP contribution >= 0.6 is 11.3 Å². The minimum atomic E-state index is -0.848. The van der Waals surface area contributed by atoms with E-state index in [4.69, 9.17) is 4.74 Å². The van der Waals surface area contributed by atoms with Crippen molar-refractivity contribution in [3.8, 4) is 16.2 Å². The zero-order valence-corrected chi connectivity index (χ0v) is 22.7. The number of methoxy groups -OCH3 is 1. The van der Waals surface area contributed by atoms with Crippen molar-refractivity contribution in [3.63, 3.8) is 0 Å². The second kappa shape index (κ2) is 11.0. The lowest BCUT2D eigenvalue weighted by molar-refractivity contribution is -0.144. The molecule has 1 aliphatic rings. The van der Waals surface area contributed by atoms with Crippen molar-refractivity contribution in [2.75, 3.05) is 13.7 Å². The number of aryl methyl sites for hydroxylation is 1. The molecule has 0 radical (unpaired) electrons. The Morgan fingerprint density at radius 2 is 1.94 bits per heavy atom. The molecule has 9 nitrogen and oxygen atoms in total. The van der Waals surface area contributed by atoms with Gasteiger partial charge in [-0.25, -0.2) is 4.98 Å². The van der Waals surface area contributed by atoms with E-state index in [1.165, 1.54) is 11.8 Å². The minimum absolute atomic E-state index is 0.0314. The average Bonchev–Trinajstić information content (AvgIpc) is 3.41. The highest BCUT2D eigenvalue weighted by atomic mass is 32.1. The number of amides is 3. The highest BCUT2D eigenvalue weighted by Crippen LogP contribution is 2.34. The Balaban J connectivity index is 1.80. The number of carbonyl (C=O) groups excluding carboxylic acids is 3. The number of β-amino-alcohol motifs (C(OH)–C–C–N with tert-alkyl or cyclic N) is 1. The van der Waals surface area contributed by atoms with Crippen LogP contribution in [0.2, 0.25) is 0 Å². The summed E-state index contributed by atoms with van der Waals surface area (Å²) in [6, 6.07) is 3.73. The fourth-order valence-electron chi connectivity index (χ4n) is 4.50. The molecular weight excluding hydrogens is 480 g/mol. The number of nitrogens with one attached hydrogen (secondary N) is 2. The lowest BCUT2D eigenvalue weighted by atomic mass is 9.85. The third-order valence-corrected chi connectivity index (χ3v) is 7.37. The van der Waals surface area contributed by atoms with Gasteiger partial charge in [0.1, 0.15) is 17.8 Å². The van der Waals surface area contributed by atoms with Gasteiger partial charge in [0.05, 0.1) is 35.3 Å². The molecule has 3 rings (SSSR count). The molecule has 0 unspecified atom stereocenters. The Morgan fingerprint density at radius 3 is 2.50 bits per heavy atom. The Labute approximate surface area is 216 Å². The number of rotatable bonds is 7. The molecule has 0 bridgehead atoms. The first-order valence-electron chi connectivity index (χ1n) is 12.0. The summed E-state index contributed by atoms with van der Waals surface area (Å²) < 4.78 is 5.62. The van der Waals surface area contributed by atoms with E-state index >= 15 is 0 Å². The zero-order valence-electron chi connectivity index (χ0n) is 21.9. The molecule has 196 valence electrons. The van der Waals surface area contributed by atoms with E-state index < -0.39 is 29.6 Å². The number of benzene rings is 1. The predicted octanol–water partition coefficient (Wildman–Crippen LogP) is 2.82. The van der Waals surface area contributed by atoms with Gasteiger partial charge in [-0.2, -0.15) is 0 Å². The van der Waals surface area contributed by atoms with E-state index in [1.54, 1.807) is 24.0 Å². The summed E-state index contributed by atoms with van der Waals surface area (Å²) in [5.41, 5.74) is 3.94. The molecule has 1 saturated heterocycles. The molecule has 1 aromatic carbocycles. The van der Waals surface area contributed by atoms with Crippen molar-refractivity contribution >= 4 is 29.1 Å². The second-order valence-corrected chi connectivity index (χ2v) is 11.2. The van der Waals surface area contributed by atoms with Gasteiger partial charge < -0.3 is 25.4 Å². The molecule has 0 aliphatic carbocycles. The number of aliphatic hydroxyl groups is 1. The van der Waals surface area contributed by atoms with Crippen LogP contribution in [0.5, 0.6) is 5.75 Å². The zero-order chi connectivity index (χ0) is 26.8. The van der Waals surface area contributed by atoms with Gasteiger partial charge in [0, 0.05) is 25.5 Å². The summed E-state index contributed by atoms with van der Waals surface area (Å²) >= 11 is 1.55. The number of hydrogen-bond donors (Lipinski definition) is 3. The van der Waals surface area contributed by atoms with Gasteiger partial charge >= 0.3 is 0 Å². The monoisotopic (exact) mass is 516 g/mol. The van der Waals surface area contributed by atoms with E-state index in [1.807, 2.05) is 52.8 Å². The molecule has 2 heterocycles. The van der Waals surface area contributed by atoms with Crippen molar-refractivity contribution in [2.24, 2.45) is 5.41 Å². The van der Waals surface area contributed by atoms with E-state index in [0.29, 0.717) is 5.75 Å². The first kappa shape index (κ1) is 27.6. The maximum atomic E-state index is 13.4. The molecule has 0 saturated carbocycles. The molecule has 3 amide bonds. The number of carbonyl (C=O) groups is 3. The SMILES string of the molecule is COc1cc(-c2scnc2C)ccc1[C@H](C)NC(=O)[C@@H]1C[C@@H](O)CN1C(=O)[C@@H](NC(C)=O)C(C)(C)C. The smallest absolute Gasteiger partial charge is 0.246 e. The Bertz CT molecular complexity index is 1130. The molecule has 36 heavy (non-hydrogen) atoms. The number of nitrogens with zero attached hydrogens (tertiary/aromatic N) is 2. The molecule has 2 aromatic rings. The van der Waals surface area contributed by atoms with E-state index in [-0.39, 0.29) is 30.7 Å². The van der Waals surface area contributed by atoms with Crippen LogP contribution in [-0.4, -0.2) is 64.6 Å². The maximum absolute atomic E-state index is 13.4. The van der Waals surface area contributed by atoms with Crippen molar-refractivity contribution in [2.45, 2.75) is 72.2 Å². The van der Waals surface area contributed by atoms with Crippen LogP contribution in [0.15, 0.2) is 23.7 Å². The van der Waals surface area contributed by atoms with Crippen LogP contribution in [0.3, 0.4) is 0 Å². The Hall–Kier alpha value is -2.98. The molecular formula is C26H36N4O5S. The largest absolute Gasteiger partial charge is 0.496 e. The standard InChI is InChI=1S/C26H36N4O5S/c1-14(19-9-8-17(10-21(19)35-7)22-15(2)27-13-36-22)28-24(33)20-11-18(32)12-30(20)25(34)23(26(4,5)6)29-16(3)31/h8-10,13-14,18,20,23,32H,11-12H2,1-7H3,(H,28,33)(H,29,31)/t14-,18+,20-,23+/m0/s1.